The molecule has 1 aliphatic heterocycles. The molecule has 1 atom stereocenters. The lowest BCUT2D eigenvalue weighted by atomic mass is 9.98. The van der Waals surface area contributed by atoms with Crippen LogP contribution in [0.1, 0.15) is 49.4 Å². The van der Waals surface area contributed by atoms with E-state index in [-0.39, 0.29) is 11.9 Å². The SMILES string of the molecule is CC[NH+](CC)CCC(=O)N1N=C(c2ccc(C)cc2)C[C@@H]1c1ccc(OC)cc1. The summed E-state index contributed by atoms with van der Waals surface area (Å²) < 4.78 is 5.29. The first-order chi connectivity index (χ1) is 14.0. The molecule has 5 heteroatoms. The highest BCUT2D eigenvalue weighted by molar-refractivity contribution is 6.03. The van der Waals surface area contributed by atoms with E-state index in [1.54, 1.807) is 12.1 Å². The van der Waals surface area contributed by atoms with Crippen LogP contribution in [0.25, 0.3) is 0 Å². The number of aryl methyl sites for hydroxylation is 1. The molecule has 0 bridgehead atoms. The van der Waals surface area contributed by atoms with E-state index >= 15 is 0 Å². The molecule has 0 radical (unpaired) electrons. The van der Waals surface area contributed by atoms with Gasteiger partial charge in [-0.3, -0.25) is 4.79 Å². The van der Waals surface area contributed by atoms with Crippen LogP contribution in [0, 0.1) is 6.92 Å². The molecule has 2 aromatic rings. The normalized spacial score (nSPS) is 16.2. The van der Waals surface area contributed by atoms with Gasteiger partial charge in [0.15, 0.2) is 0 Å². The second kappa shape index (κ2) is 9.70. The smallest absolute Gasteiger partial charge is 0.248 e. The summed E-state index contributed by atoms with van der Waals surface area (Å²) in [6.07, 6.45) is 1.23. The van der Waals surface area contributed by atoms with Crippen LogP contribution in [0.2, 0.25) is 0 Å². The number of nitrogens with one attached hydrogen (secondary N) is 1. The Balaban J connectivity index is 1.84. The lowest BCUT2D eigenvalue weighted by Gasteiger charge is -2.23. The topological polar surface area (TPSA) is 46.3 Å². The van der Waals surface area contributed by atoms with E-state index in [9.17, 15) is 4.79 Å². The molecule has 1 N–H and O–H groups in total. The molecular formula is C24H32N3O2+. The number of quaternary nitrogens is 1. The maximum absolute atomic E-state index is 13.1. The zero-order valence-electron chi connectivity index (χ0n) is 17.9. The first-order valence-electron chi connectivity index (χ1n) is 10.5. The molecule has 1 aliphatic rings. The highest BCUT2D eigenvalue weighted by atomic mass is 16.5. The van der Waals surface area contributed by atoms with E-state index in [0.29, 0.717) is 6.42 Å². The fourth-order valence-electron chi connectivity index (χ4n) is 3.75. The largest absolute Gasteiger partial charge is 0.497 e. The first-order valence-corrected chi connectivity index (χ1v) is 10.5. The van der Waals surface area contributed by atoms with Crippen molar-refractivity contribution >= 4 is 11.6 Å². The molecule has 5 nitrogen and oxygen atoms in total. The Morgan fingerprint density at radius 3 is 2.34 bits per heavy atom. The van der Waals surface area contributed by atoms with Crippen LogP contribution in [0.15, 0.2) is 53.6 Å². The van der Waals surface area contributed by atoms with Gasteiger partial charge in [-0.25, -0.2) is 5.01 Å². The van der Waals surface area contributed by atoms with Gasteiger partial charge in [-0.15, -0.1) is 0 Å². The van der Waals surface area contributed by atoms with E-state index in [0.717, 1.165) is 48.6 Å². The predicted molar refractivity (Wildman–Crippen MR) is 116 cm³/mol. The third-order valence-electron chi connectivity index (χ3n) is 5.74. The quantitative estimate of drug-likeness (QED) is 0.748. The van der Waals surface area contributed by atoms with Gasteiger partial charge < -0.3 is 9.64 Å². The van der Waals surface area contributed by atoms with Gasteiger partial charge in [-0.2, -0.15) is 5.10 Å². The van der Waals surface area contributed by atoms with Gasteiger partial charge in [0.1, 0.15) is 5.75 Å². The second-order valence-corrected chi connectivity index (χ2v) is 7.60. The summed E-state index contributed by atoms with van der Waals surface area (Å²) in [4.78, 5) is 14.5. The Morgan fingerprint density at radius 2 is 1.76 bits per heavy atom. The summed E-state index contributed by atoms with van der Waals surface area (Å²) in [5, 5.41) is 6.49. The average molecular weight is 395 g/mol. The van der Waals surface area contributed by atoms with Crippen LogP contribution >= 0.6 is 0 Å². The fourth-order valence-corrected chi connectivity index (χ4v) is 3.75. The van der Waals surface area contributed by atoms with Gasteiger partial charge in [0, 0.05) is 6.42 Å². The van der Waals surface area contributed by atoms with Crippen LogP contribution in [0.4, 0.5) is 0 Å². The molecule has 154 valence electrons. The van der Waals surface area contributed by atoms with Crippen molar-refractivity contribution in [2.24, 2.45) is 5.10 Å². The monoisotopic (exact) mass is 394 g/mol. The maximum atomic E-state index is 13.1. The van der Waals surface area contributed by atoms with Crippen molar-refractivity contribution in [1.82, 2.24) is 5.01 Å². The minimum absolute atomic E-state index is 0.0728. The Kier molecular flexibility index (Phi) is 7.04. The molecule has 0 saturated carbocycles. The molecule has 0 unspecified atom stereocenters. The molecule has 0 aliphatic carbocycles. The number of hydrogen-bond donors (Lipinski definition) is 1. The summed E-state index contributed by atoms with van der Waals surface area (Å²) >= 11 is 0. The zero-order chi connectivity index (χ0) is 20.8. The summed E-state index contributed by atoms with van der Waals surface area (Å²) in [6.45, 7) is 9.30. The molecule has 1 amide bonds. The molecule has 1 heterocycles. The number of methoxy groups -OCH3 is 1. The van der Waals surface area contributed by atoms with E-state index < -0.39 is 0 Å². The number of rotatable bonds is 8. The Labute approximate surface area is 174 Å². The minimum Gasteiger partial charge on any atom is -0.497 e. The van der Waals surface area contributed by atoms with Gasteiger partial charge >= 0.3 is 0 Å². The van der Waals surface area contributed by atoms with Crippen molar-refractivity contribution in [1.29, 1.82) is 0 Å². The molecular weight excluding hydrogens is 362 g/mol. The first kappa shape index (κ1) is 21.1. The number of amides is 1. The summed E-state index contributed by atoms with van der Waals surface area (Å²) in [7, 11) is 1.66. The average Bonchev–Trinajstić information content (AvgIpc) is 3.20. The van der Waals surface area contributed by atoms with Gasteiger partial charge in [-0.1, -0.05) is 42.0 Å². The summed E-state index contributed by atoms with van der Waals surface area (Å²) in [5.74, 6) is 0.904. The molecule has 3 rings (SSSR count). The van der Waals surface area contributed by atoms with Crippen LogP contribution < -0.4 is 9.64 Å². The summed E-state index contributed by atoms with van der Waals surface area (Å²) in [6, 6.07) is 16.3. The zero-order valence-corrected chi connectivity index (χ0v) is 17.9. The standard InChI is InChI=1S/C24H31N3O2/c1-5-26(6-2)16-15-24(28)27-23(20-11-13-21(29-4)14-12-20)17-22(25-27)19-9-7-18(3)8-10-19/h7-14,23H,5-6,15-17H2,1-4H3/p+1/t23-/m1/s1. The summed E-state index contributed by atoms with van der Waals surface area (Å²) in [5.41, 5.74) is 4.35. The van der Waals surface area contributed by atoms with Crippen molar-refractivity contribution in [3.8, 4) is 5.75 Å². The number of nitrogens with zero attached hydrogens (tertiary/aromatic N) is 2. The Hall–Kier alpha value is -2.66. The van der Waals surface area contributed by atoms with E-state index in [2.05, 4.69) is 45.0 Å². The molecule has 0 aromatic heterocycles. The van der Waals surface area contributed by atoms with Crippen molar-refractivity contribution in [2.45, 2.75) is 39.7 Å². The van der Waals surface area contributed by atoms with Crippen molar-refractivity contribution in [3.63, 3.8) is 0 Å². The van der Waals surface area contributed by atoms with Gasteiger partial charge in [-0.05, 0) is 44.0 Å². The maximum Gasteiger partial charge on any atom is 0.248 e. The molecule has 0 saturated heterocycles. The number of carbonyl (C=O) groups excluding carboxylic acids is 1. The third kappa shape index (κ3) is 5.04. The highest BCUT2D eigenvalue weighted by Crippen LogP contribution is 2.34. The molecule has 2 aromatic carbocycles. The molecule has 0 spiro atoms. The van der Waals surface area contributed by atoms with E-state index in [1.807, 2.05) is 24.3 Å². The lowest BCUT2D eigenvalue weighted by molar-refractivity contribution is -0.895. The number of benzene rings is 2. The van der Waals surface area contributed by atoms with Crippen LogP contribution in [-0.4, -0.2) is 43.4 Å². The number of hydrazone groups is 1. The van der Waals surface area contributed by atoms with Gasteiger partial charge in [0.05, 0.1) is 44.9 Å². The highest BCUT2D eigenvalue weighted by Gasteiger charge is 2.33. The fraction of sp³-hybridized carbons (Fsp3) is 0.417. The number of carbonyl (C=O) groups is 1. The number of hydrogen-bond acceptors (Lipinski definition) is 3. The minimum atomic E-state index is -0.0728. The van der Waals surface area contributed by atoms with Gasteiger partial charge in [0.25, 0.3) is 0 Å². The van der Waals surface area contributed by atoms with Gasteiger partial charge in [0.2, 0.25) is 5.91 Å². The predicted octanol–water partition coefficient (Wildman–Crippen LogP) is 3.00. The third-order valence-corrected chi connectivity index (χ3v) is 5.74. The van der Waals surface area contributed by atoms with Crippen molar-refractivity contribution in [2.75, 3.05) is 26.7 Å². The van der Waals surface area contributed by atoms with Crippen molar-refractivity contribution in [3.05, 3.63) is 65.2 Å². The van der Waals surface area contributed by atoms with Crippen molar-refractivity contribution < 1.29 is 14.4 Å². The molecule has 29 heavy (non-hydrogen) atoms. The second-order valence-electron chi connectivity index (χ2n) is 7.60. The van der Waals surface area contributed by atoms with E-state index in [1.165, 1.54) is 10.5 Å². The number of ether oxygens (including phenoxy) is 1. The van der Waals surface area contributed by atoms with Crippen LogP contribution in [-0.2, 0) is 4.79 Å². The Bertz CT molecular complexity index is 839. The van der Waals surface area contributed by atoms with E-state index in [4.69, 9.17) is 9.84 Å². The van der Waals surface area contributed by atoms with Crippen LogP contribution in [0.3, 0.4) is 0 Å². The Morgan fingerprint density at radius 1 is 1.10 bits per heavy atom. The molecule has 0 fully saturated rings. The van der Waals surface area contributed by atoms with Crippen LogP contribution in [0.5, 0.6) is 5.75 Å². The lowest BCUT2D eigenvalue weighted by Crippen LogP contribution is -3.11.